The Morgan fingerprint density at radius 1 is 1.16 bits per heavy atom. The Kier molecular flexibility index (Phi) is 4.59. The van der Waals surface area contributed by atoms with Crippen molar-refractivity contribution in [3.63, 3.8) is 0 Å². The Balaban J connectivity index is 1.38. The molecular formula is C20H24N3OS+. The normalized spacial score (nSPS) is 15.8. The average molecular weight is 354 g/mol. The third kappa shape index (κ3) is 3.48. The second kappa shape index (κ2) is 7.02. The zero-order valence-electron chi connectivity index (χ0n) is 14.6. The van der Waals surface area contributed by atoms with Gasteiger partial charge in [-0.1, -0.05) is 24.3 Å². The number of quaternary nitrogens is 1. The number of benzene rings is 1. The number of thiophene rings is 1. The van der Waals surface area contributed by atoms with Crippen LogP contribution >= 0.6 is 11.3 Å². The smallest absolute Gasteiger partial charge is 0.242 e. The van der Waals surface area contributed by atoms with Gasteiger partial charge >= 0.3 is 0 Å². The lowest BCUT2D eigenvalue weighted by Gasteiger charge is -2.32. The van der Waals surface area contributed by atoms with Crippen molar-refractivity contribution >= 4 is 28.1 Å². The zero-order chi connectivity index (χ0) is 17.2. The Morgan fingerprint density at radius 3 is 2.72 bits per heavy atom. The van der Waals surface area contributed by atoms with Crippen LogP contribution in [0.2, 0.25) is 0 Å². The van der Waals surface area contributed by atoms with E-state index in [0.717, 1.165) is 43.9 Å². The molecule has 2 aromatic heterocycles. The van der Waals surface area contributed by atoms with Crippen LogP contribution in [0, 0.1) is 6.92 Å². The van der Waals surface area contributed by atoms with Crippen LogP contribution in [0.3, 0.4) is 0 Å². The fourth-order valence-electron chi connectivity index (χ4n) is 3.70. The van der Waals surface area contributed by atoms with Crippen molar-refractivity contribution in [2.45, 2.75) is 20.0 Å². The molecule has 0 radical (unpaired) electrons. The van der Waals surface area contributed by atoms with Crippen LogP contribution in [-0.4, -0.2) is 41.6 Å². The highest BCUT2D eigenvalue weighted by molar-refractivity contribution is 7.09. The third-order valence-corrected chi connectivity index (χ3v) is 6.02. The van der Waals surface area contributed by atoms with Gasteiger partial charge in [0.25, 0.3) is 0 Å². The van der Waals surface area contributed by atoms with Crippen molar-refractivity contribution in [3.8, 4) is 0 Å². The topological polar surface area (TPSA) is 29.7 Å². The minimum Gasteiger partial charge on any atom is -0.335 e. The molecule has 1 aliphatic heterocycles. The zero-order valence-corrected chi connectivity index (χ0v) is 15.4. The first kappa shape index (κ1) is 16.4. The lowest BCUT2D eigenvalue weighted by atomic mass is 10.2. The molecular weight excluding hydrogens is 330 g/mol. The van der Waals surface area contributed by atoms with Crippen molar-refractivity contribution in [2.75, 3.05) is 26.2 Å². The first-order chi connectivity index (χ1) is 12.2. The van der Waals surface area contributed by atoms with Gasteiger partial charge in [0.2, 0.25) is 5.91 Å². The Bertz CT molecular complexity index is 860. The van der Waals surface area contributed by atoms with E-state index in [9.17, 15) is 4.79 Å². The molecule has 5 heteroatoms. The number of fused-ring (bicyclic) bond motifs is 1. The summed E-state index contributed by atoms with van der Waals surface area (Å²) in [4.78, 5) is 17.8. The summed E-state index contributed by atoms with van der Waals surface area (Å²) in [6, 6.07) is 14.8. The average Bonchev–Trinajstić information content (AvgIpc) is 3.24. The third-order valence-electron chi connectivity index (χ3n) is 5.14. The van der Waals surface area contributed by atoms with Crippen LogP contribution in [-0.2, 0) is 17.9 Å². The Hall–Kier alpha value is -2.11. The van der Waals surface area contributed by atoms with E-state index >= 15 is 0 Å². The molecule has 4 nitrogen and oxygen atoms in total. The first-order valence-electron chi connectivity index (χ1n) is 8.89. The van der Waals surface area contributed by atoms with E-state index in [1.807, 2.05) is 28.4 Å². The molecule has 0 spiro atoms. The lowest BCUT2D eigenvalue weighted by molar-refractivity contribution is -0.917. The van der Waals surface area contributed by atoms with Gasteiger partial charge in [0.05, 0.1) is 31.1 Å². The van der Waals surface area contributed by atoms with Crippen LogP contribution in [0.4, 0.5) is 0 Å². The van der Waals surface area contributed by atoms with Gasteiger partial charge in [-0.15, -0.1) is 11.3 Å². The maximum atomic E-state index is 12.8. The number of hydrogen-bond donors (Lipinski definition) is 1. The standard InChI is InChI=1S/C20H23N3OS/c1-16-13-17-5-2-3-7-19(17)23(16)15-20(24)22-10-8-21(9-11-22)14-18-6-4-12-25-18/h2-7,12-13H,8-11,14-15H2,1H3/p+1. The number of piperazine rings is 1. The van der Waals surface area contributed by atoms with Crippen LogP contribution in [0.1, 0.15) is 10.6 Å². The number of aromatic nitrogens is 1. The van der Waals surface area contributed by atoms with Crippen molar-refractivity contribution in [2.24, 2.45) is 0 Å². The Labute approximate surface area is 152 Å². The van der Waals surface area contributed by atoms with Gasteiger partial charge in [-0.05, 0) is 35.9 Å². The quantitative estimate of drug-likeness (QED) is 0.762. The van der Waals surface area contributed by atoms with Gasteiger partial charge in [0.15, 0.2) is 0 Å². The summed E-state index contributed by atoms with van der Waals surface area (Å²) < 4.78 is 2.14. The molecule has 130 valence electrons. The highest BCUT2D eigenvalue weighted by atomic mass is 32.1. The van der Waals surface area contributed by atoms with Gasteiger partial charge in [-0.3, -0.25) is 4.79 Å². The molecule has 0 bridgehead atoms. The molecule has 0 unspecified atom stereocenters. The number of aryl methyl sites for hydroxylation is 1. The van der Waals surface area contributed by atoms with Crippen molar-refractivity contribution in [1.82, 2.24) is 9.47 Å². The van der Waals surface area contributed by atoms with Crippen molar-refractivity contribution < 1.29 is 9.69 Å². The molecule has 0 saturated carbocycles. The van der Waals surface area contributed by atoms with E-state index in [2.05, 4.69) is 47.2 Å². The molecule has 25 heavy (non-hydrogen) atoms. The molecule has 1 fully saturated rings. The summed E-state index contributed by atoms with van der Waals surface area (Å²) in [5.41, 5.74) is 2.30. The molecule has 0 aliphatic carbocycles. The second-order valence-electron chi connectivity index (χ2n) is 6.82. The summed E-state index contributed by atoms with van der Waals surface area (Å²) in [5, 5.41) is 3.34. The number of para-hydroxylation sites is 1. The van der Waals surface area contributed by atoms with E-state index in [0.29, 0.717) is 6.54 Å². The van der Waals surface area contributed by atoms with E-state index in [1.54, 1.807) is 4.90 Å². The number of amides is 1. The van der Waals surface area contributed by atoms with Crippen molar-refractivity contribution in [3.05, 3.63) is 58.4 Å². The number of hydrogen-bond acceptors (Lipinski definition) is 2. The van der Waals surface area contributed by atoms with E-state index < -0.39 is 0 Å². The highest BCUT2D eigenvalue weighted by Gasteiger charge is 2.24. The minimum atomic E-state index is 0.236. The van der Waals surface area contributed by atoms with Crippen LogP contribution in [0.15, 0.2) is 47.8 Å². The fourth-order valence-corrected chi connectivity index (χ4v) is 4.48. The summed E-state index contributed by atoms with van der Waals surface area (Å²) in [6.45, 7) is 7.40. The molecule has 3 aromatic rings. The number of carbonyl (C=O) groups is 1. The molecule has 3 heterocycles. The lowest BCUT2D eigenvalue weighted by Crippen LogP contribution is -3.13. The van der Waals surface area contributed by atoms with Crippen LogP contribution in [0.5, 0.6) is 0 Å². The van der Waals surface area contributed by atoms with E-state index in [-0.39, 0.29) is 5.91 Å². The largest absolute Gasteiger partial charge is 0.335 e. The number of nitrogens with one attached hydrogen (secondary N) is 1. The molecule has 1 amide bonds. The second-order valence-corrected chi connectivity index (χ2v) is 7.85. The maximum Gasteiger partial charge on any atom is 0.242 e. The molecule has 1 aromatic carbocycles. The van der Waals surface area contributed by atoms with Crippen molar-refractivity contribution in [1.29, 1.82) is 0 Å². The highest BCUT2D eigenvalue weighted by Crippen LogP contribution is 2.19. The number of nitrogens with zero attached hydrogens (tertiary/aromatic N) is 2. The summed E-state index contributed by atoms with van der Waals surface area (Å²) in [7, 11) is 0. The van der Waals surface area contributed by atoms with Gasteiger partial charge in [0.1, 0.15) is 13.1 Å². The molecule has 0 atom stereocenters. The summed E-state index contributed by atoms with van der Waals surface area (Å²) in [5.74, 6) is 0.236. The number of rotatable bonds is 4. The van der Waals surface area contributed by atoms with Crippen LogP contribution < -0.4 is 4.90 Å². The first-order valence-corrected chi connectivity index (χ1v) is 9.77. The minimum absolute atomic E-state index is 0.236. The Morgan fingerprint density at radius 2 is 1.96 bits per heavy atom. The maximum absolute atomic E-state index is 12.8. The van der Waals surface area contributed by atoms with Gasteiger partial charge < -0.3 is 14.4 Å². The fraction of sp³-hybridized carbons (Fsp3) is 0.350. The van der Waals surface area contributed by atoms with Gasteiger partial charge in [-0.25, -0.2) is 0 Å². The molecule has 4 rings (SSSR count). The van der Waals surface area contributed by atoms with E-state index in [1.165, 1.54) is 10.3 Å². The van der Waals surface area contributed by atoms with Gasteiger partial charge in [-0.2, -0.15) is 0 Å². The molecule has 1 aliphatic rings. The van der Waals surface area contributed by atoms with Crippen LogP contribution in [0.25, 0.3) is 10.9 Å². The summed E-state index contributed by atoms with van der Waals surface area (Å²) in [6.07, 6.45) is 0. The molecule has 1 saturated heterocycles. The van der Waals surface area contributed by atoms with Gasteiger partial charge in [0, 0.05) is 11.2 Å². The predicted octanol–water partition coefficient (Wildman–Crippen LogP) is 1.94. The molecule has 1 N–H and O–H groups in total. The SMILES string of the molecule is Cc1cc2ccccc2n1CC(=O)N1CC[NH+](Cc2cccs2)CC1. The van der Waals surface area contributed by atoms with E-state index in [4.69, 9.17) is 0 Å². The summed E-state index contributed by atoms with van der Waals surface area (Å²) >= 11 is 1.82. The monoisotopic (exact) mass is 354 g/mol. The predicted molar refractivity (Wildman–Crippen MR) is 102 cm³/mol. The number of carbonyl (C=O) groups excluding carboxylic acids is 1.